The fraction of sp³-hybridized carbons (Fsp3) is 0.667. The fourth-order valence-corrected chi connectivity index (χ4v) is 3.13. The van der Waals surface area contributed by atoms with Crippen LogP contribution >= 0.6 is 0 Å². The molecule has 1 fully saturated rings. The van der Waals surface area contributed by atoms with E-state index in [0.29, 0.717) is 5.92 Å². The number of hydrogen-bond acceptors (Lipinski definition) is 2. The molecule has 3 heteroatoms. The van der Waals surface area contributed by atoms with E-state index in [1.54, 1.807) is 0 Å². The predicted octanol–water partition coefficient (Wildman–Crippen LogP) is 3.70. The average Bonchev–Trinajstić information content (AvgIpc) is 2.42. The van der Waals surface area contributed by atoms with Gasteiger partial charge in [-0.15, -0.1) is 0 Å². The standard InChI is InChI=1S/C15H23FN2/c1-3-11-4-6-12(7-5-11)15(17-2)14-9-8-13(16)10-18-14/h8-12,15,17H,3-7H2,1-2H3. The highest BCUT2D eigenvalue weighted by atomic mass is 19.1. The topological polar surface area (TPSA) is 24.9 Å². The molecule has 0 saturated heterocycles. The molecule has 1 aromatic heterocycles. The Balaban J connectivity index is 2.03. The maximum atomic E-state index is 12.9. The monoisotopic (exact) mass is 250 g/mol. The van der Waals surface area contributed by atoms with E-state index in [4.69, 9.17) is 0 Å². The first-order valence-electron chi connectivity index (χ1n) is 7.03. The van der Waals surface area contributed by atoms with Gasteiger partial charge in [0.1, 0.15) is 5.82 Å². The van der Waals surface area contributed by atoms with Crippen LogP contribution in [0.1, 0.15) is 50.8 Å². The third kappa shape index (κ3) is 3.08. The molecule has 1 N–H and O–H groups in total. The molecule has 1 saturated carbocycles. The van der Waals surface area contributed by atoms with Crippen molar-refractivity contribution in [1.82, 2.24) is 10.3 Å². The van der Waals surface area contributed by atoms with E-state index in [0.717, 1.165) is 11.6 Å². The minimum atomic E-state index is -0.261. The maximum Gasteiger partial charge on any atom is 0.141 e. The highest BCUT2D eigenvalue weighted by Gasteiger charge is 2.27. The number of hydrogen-bond donors (Lipinski definition) is 1. The summed E-state index contributed by atoms with van der Waals surface area (Å²) >= 11 is 0. The highest BCUT2D eigenvalue weighted by molar-refractivity contribution is 5.11. The number of halogens is 1. The van der Waals surface area contributed by atoms with E-state index < -0.39 is 0 Å². The van der Waals surface area contributed by atoms with Crippen molar-refractivity contribution in [3.63, 3.8) is 0 Å². The Labute approximate surface area is 109 Å². The van der Waals surface area contributed by atoms with E-state index in [-0.39, 0.29) is 11.9 Å². The van der Waals surface area contributed by atoms with Crippen LogP contribution < -0.4 is 5.32 Å². The molecular formula is C15H23FN2. The lowest BCUT2D eigenvalue weighted by Gasteiger charge is -2.33. The Hall–Kier alpha value is -0.960. The summed E-state index contributed by atoms with van der Waals surface area (Å²) in [4.78, 5) is 4.23. The van der Waals surface area contributed by atoms with Crippen LogP contribution in [0, 0.1) is 17.7 Å². The van der Waals surface area contributed by atoms with Gasteiger partial charge in [-0.05, 0) is 43.9 Å². The predicted molar refractivity (Wildman–Crippen MR) is 71.7 cm³/mol. The van der Waals surface area contributed by atoms with Crippen molar-refractivity contribution in [2.24, 2.45) is 11.8 Å². The van der Waals surface area contributed by atoms with Crippen molar-refractivity contribution in [2.45, 2.75) is 45.1 Å². The van der Waals surface area contributed by atoms with Gasteiger partial charge < -0.3 is 5.32 Å². The van der Waals surface area contributed by atoms with E-state index in [1.165, 1.54) is 44.4 Å². The Morgan fingerprint density at radius 2 is 2.06 bits per heavy atom. The van der Waals surface area contributed by atoms with Crippen molar-refractivity contribution in [2.75, 3.05) is 7.05 Å². The normalized spacial score (nSPS) is 25.9. The zero-order valence-electron chi connectivity index (χ0n) is 11.3. The lowest BCUT2D eigenvalue weighted by molar-refractivity contribution is 0.222. The first kappa shape index (κ1) is 13.5. The molecule has 0 amide bonds. The molecule has 100 valence electrons. The van der Waals surface area contributed by atoms with Crippen LogP contribution in [0.15, 0.2) is 18.3 Å². The SMILES string of the molecule is CCC1CCC(C(NC)c2ccc(F)cn2)CC1. The zero-order valence-corrected chi connectivity index (χ0v) is 11.3. The third-order valence-corrected chi connectivity index (χ3v) is 4.32. The molecule has 1 atom stereocenters. The van der Waals surface area contributed by atoms with Crippen molar-refractivity contribution in [1.29, 1.82) is 0 Å². The largest absolute Gasteiger partial charge is 0.311 e. The Kier molecular flexibility index (Phi) is 4.70. The quantitative estimate of drug-likeness (QED) is 0.881. The smallest absolute Gasteiger partial charge is 0.141 e. The number of aromatic nitrogens is 1. The van der Waals surface area contributed by atoms with Crippen LogP contribution in [0.25, 0.3) is 0 Å². The van der Waals surface area contributed by atoms with Crippen molar-refractivity contribution in [3.05, 3.63) is 29.8 Å². The summed E-state index contributed by atoms with van der Waals surface area (Å²) in [6.07, 6.45) is 7.76. The van der Waals surface area contributed by atoms with Gasteiger partial charge in [-0.2, -0.15) is 0 Å². The van der Waals surface area contributed by atoms with Crippen LogP contribution in [0.3, 0.4) is 0 Å². The highest BCUT2D eigenvalue weighted by Crippen LogP contribution is 2.37. The molecule has 1 aromatic rings. The lowest BCUT2D eigenvalue weighted by Crippen LogP contribution is -2.29. The van der Waals surface area contributed by atoms with E-state index in [1.807, 2.05) is 13.1 Å². The summed E-state index contributed by atoms with van der Waals surface area (Å²) in [5.41, 5.74) is 0.971. The van der Waals surface area contributed by atoms with Gasteiger partial charge in [-0.1, -0.05) is 26.2 Å². The van der Waals surface area contributed by atoms with Gasteiger partial charge in [-0.3, -0.25) is 4.98 Å². The Bertz CT molecular complexity index is 355. The second-order valence-electron chi connectivity index (χ2n) is 5.36. The molecule has 1 heterocycles. The minimum absolute atomic E-state index is 0.261. The molecule has 18 heavy (non-hydrogen) atoms. The second kappa shape index (κ2) is 6.28. The van der Waals surface area contributed by atoms with Crippen molar-refractivity contribution in [3.8, 4) is 0 Å². The molecule has 1 aliphatic rings. The average molecular weight is 250 g/mol. The van der Waals surface area contributed by atoms with Crippen molar-refractivity contribution < 1.29 is 4.39 Å². The van der Waals surface area contributed by atoms with Gasteiger partial charge >= 0.3 is 0 Å². The number of nitrogens with zero attached hydrogens (tertiary/aromatic N) is 1. The molecule has 0 aliphatic heterocycles. The molecule has 0 radical (unpaired) electrons. The van der Waals surface area contributed by atoms with Gasteiger partial charge in [0.05, 0.1) is 17.9 Å². The van der Waals surface area contributed by atoms with Gasteiger partial charge in [0, 0.05) is 0 Å². The summed E-state index contributed by atoms with van der Waals surface area (Å²) in [5.74, 6) is 1.28. The molecule has 1 aliphatic carbocycles. The first-order chi connectivity index (χ1) is 8.74. The number of rotatable bonds is 4. The zero-order chi connectivity index (χ0) is 13.0. The summed E-state index contributed by atoms with van der Waals surface area (Å²) in [7, 11) is 1.97. The third-order valence-electron chi connectivity index (χ3n) is 4.32. The molecule has 0 bridgehead atoms. The summed E-state index contributed by atoms with van der Waals surface area (Å²) in [5, 5.41) is 3.36. The number of nitrogens with one attached hydrogen (secondary N) is 1. The Morgan fingerprint density at radius 3 is 2.56 bits per heavy atom. The molecule has 0 aromatic carbocycles. The number of pyridine rings is 1. The van der Waals surface area contributed by atoms with Gasteiger partial charge in [-0.25, -0.2) is 4.39 Å². The van der Waals surface area contributed by atoms with E-state index >= 15 is 0 Å². The molecular weight excluding hydrogens is 227 g/mol. The summed E-state index contributed by atoms with van der Waals surface area (Å²) in [6.45, 7) is 2.28. The van der Waals surface area contributed by atoms with Crippen LogP contribution in [-0.4, -0.2) is 12.0 Å². The van der Waals surface area contributed by atoms with Crippen LogP contribution in [0.2, 0.25) is 0 Å². The fourth-order valence-electron chi connectivity index (χ4n) is 3.13. The maximum absolute atomic E-state index is 12.9. The molecule has 2 nitrogen and oxygen atoms in total. The summed E-state index contributed by atoms with van der Waals surface area (Å²) < 4.78 is 12.9. The lowest BCUT2D eigenvalue weighted by atomic mass is 9.77. The van der Waals surface area contributed by atoms with Gasteiger partial charge in [0.15, 0.2) is 0 Å². The van der Waals surface area contributed by atoms with E-state index in [9.17, 15) is 4.39 Å². The van der Waals surface area contributed by atoms with Crippen LogP contribution in [0.5, 0.6) is 0 Å². The van der Waals surface area contributed by atoms with Crippen LogP contribution in [0.4, 0.5) is 4.39 Å². The molecule has 2 rings (SSSR count). The molecule has 1 unspecified atom stereocenters. The van der Waals surface area contributed by atoms with E-state index in [2.05, 4.69) is 17.2 Å². The first-order valence-corrected chi connectivity index (χ1v) is 7.03. The van der Waals surface area contributed by atoms with Gasteiger partial charge in [0.25, 0.3) is 0 Å². The second-order valence-corrected chi connectivity index (χ2v) is 5.36. The minimum Gasteiger partial charge on any atom is -0.311 e. The van der Waals surface area contributed by atoms with Crippen molar-refractivity contribution >= 4 is 0 Å². The Morgan fingerprint density at radius 1 is 1.33 bits per heavy atom. The van der Waals surface area contributed by atoms with Crippen LogP contribution in [-0.2, 0) is 0 Å². The summed E-state index contributed by atoms with van der Waals surface area (Å²) in [6, 6.07) is 3.58. The molecule has 0 spiro atoms. The van der Waals surface area contributed by atoms with Gasteiger partial charge in [0.2, 0.25) is 0 Å².